The van der Waals surface area contributed by atoms with Crippen LogP contribution in [0.2, 0.25) is 0 Å². The summed E-state index contributed by atoms with van der Waals surface area (Å²) in [7, 11) is 0. The van der Waals surface area contributed by atoms with Gasteiger partial charge in [0.2, 0.25) is 0 Å². The zero-order chi connectivity index (χ0) is 19.8. The van der Waals surface area contributed by atoms with Gasteiger partial charge in [0.15, 0.2) is 5.78 Å². The van der Waals surface area contributed by atoms with E-state index in [-0.39, 0.29) is 23.1 Å². The summed E-state index contributed by atoms with van der Waals surface area (Å²) < 4.78 is 6.54. The number of carbonyl (C=O) groups is 2. The van der Waals surface area contributed by atoms with E-state index in [9.17, 15) is 9.59 Å². The van der Waals surface area contributed by atoms with E-state index in [0.29, 0.717) is 18.6 Å². The Labute approximate surface area is 174 Å². The second-order valence-corrected chi connectivity index (χ2v) is 9.36. The summed E-state index contributed by atoms with van der Waals surface area (Å²) in [6.07, 6.45) is 2.00. The Kier molecular flexibility index (Phi) is 5.89. The fourth-order valence-corrected chi connectivity index (χ4v) is 4.83. The molecule has 1 heterocycles. The van der Waals surface area contributed by atoms with E-state index in [0.717, 1.165) is 33.4 Å². The van der Waals surface area contributed by atoms with Crippen molar-refractivity contribution >= 4 is 40.1 Å². The number of aliphatic imine (C=N–C) groups is 1. The Balaban J connectivity index is 2.15. The van der Waals surface area contributed by atoms with Gasteiger partial charge < -0.3 is 4.74 Å². The zero-order valence-corrected chi connectivity index (χ0v) is 18.5. The van der Waals surface area contributed by atoms with Crippen molar-refractivity contribution < 1.29 is 14.3 Å². The fraction of sp³-hybridized carbons (Fsp3) is 0.500. The van der Waals surface area contributed by atoms with Gasteiger partial charge in [-0.15, -0.1) is 0 Å². The number of halogens is 1. The molecule has 0 amide bonds. The van der Waals surface area contributed by atoms with E-state index >= 15 is 0 Å². The van der Waals surface area contributed by atoms with Crippen LogP contribution in [0.5, 0.6) is 0 Å². The van der Waals surface area contributed by atoms with Crippen molar-refractivity contribution in [1.82, 2.24) is 0 Å². The molecule has 0 saturated carbocycles. The van der Waals surface area contributed by atoms with Crippen LogP contribution in [0.1, 0.15) is 58.4 Å². The Hall–Kier alpha value is -1.50. The van der Waals surface area contributed by atoms with Crippen LogP contribution >= 0.6 is 22.6 Å². The minimum atomic E-state index is -0.545. The monoisotopic (exact) mass is 479 g/mol. The molecular formula is C22H26INO3. The van der Waals surface area contributed by atoms with Crippen molar-refractivity contribution in [3.63, 3.8) is 0 Å². The number of allylic oxidation sites excluding steroid dienone is 2. The molecule has 3 rings (SSSR count). The van der Waals surface area contributed by atoms with Gasteiger partial charge in [0.1, 0.15) is 5.92 Å². The average molecular weight is 479 g/mol. The van der Waals surface area contributed by atoms with Crippen molar-refractivity contribution in [2.24, 2.45) is 16.3 Å². The van der Waals surface area contributed by atoms with E-state index in [1.165, 1.54) is 0 Å². The molecule has 144 valence electrons. The van der Waals surface area contributed by atoms with E-state index in [1.54, 1.807) is 0 Å². The Morgan fingerprint density at radius 2 is 2.00 bits per heavy atom. The highest BCUT2D eigenvalue weighted by atomic mass is 127. The second-order valence-electron chi connectivity index (χ2n) is 8.20. The second kappa shape index (κ2) is 7.86. The number of nitrogens with zero attached hydrogens (tertiary/aromatic N) is 1. The highest BCUT2D eigenvalue weighted by Crippen LogP contribution is 2.48. The van der Waals surface area contributed by atoms with E-state index < -0.39 is 5.92 Å². The average Bonchev–Trinajstić information content (AvgIpc) is 2.57. The van der Waals surface area contributed by atoms with Crippen LogP contribution in [0, 0.1) is 14.9 Å². The summed E-state index contributed by atoms with van der Waals surface area (Å²) >= 11 is 2.28. The first kappa shape index (κ1) is 20.2. The third kappa shape index (κ3) is 4.03. The van der Waals surface area contributed by atoms with E-state index in [4.69, 9.17) is 9.73 Å². The maximum Gasteiger partial charge on any atom is 0.315 e. The summed E-state index contributed by atoms with van der Waals surface area (Å²) in [6, 6.07) is 7.97. The quantitative estimate of drug-likeness (QED) is 0.448. The van der Waals surface area contributed by atoms with Crippen molar-refractivity contribution in [2.75, 3.05) is 6.61 Å². The maximum atomic E-state index is 13.1. The number of benzene rings is 1. The van der Waals surface area contributed by atoms with Crippen LogP contribution in [0.3, 0.4) is 0 Å². The lowest BCUT2D eigenvalue weighted by Crippen LogP contribution is -2.39. The van der Waals surface area contributed by atoms with Gasteiger partial charge in [-0.2, -0.15) is 0 Å². The largest absolute Gasteiger partial charge is 0.465 e. The minimum absolute atomic E-state index is 0.107. The van der Waals surface area contributed by atoms with Crippen molar-refractivity contribution in [2.45, 2.75) is 52.9 Å². The lowest BCUT2D eigenvalue weighted by molar-refractivity contribution is -0.146. The molecule has 27 heavy (non-hydrogen) atoms. The molecule has 1 aromatic rings. The highest BCUT2D eigenvalue weighted by Gasteiger charge is 2.46. The number of carbonyl (C=O) groups excluding carboxylic acids is 2. The van der Waals surface area contributed by atoms with Gasteiger partial charge in [0.25, 0.3) is 0 Å². The molecule has 1 aromatic carbocycles. The smallest absolute Gasteiger partial charge is 0.315 e. The lowest BCUT2D eigenvalue weighted by atomic mass is 9.67. The van der Waals surface area contributed by atoms with Crippen LogP contribution in [-0.4, -0.2) is 24.1 Å². The van der Waals surface area contributed by atoms with Gasteiger partial charge >= 0.3 is 5.97 Å². The van der Waals surface area contributed by atoms with Crippen LogP contribution in [-0.2, 0) is 14.3 Å². The maximum absolute atomic E-state index is 13.1. The number of esters is 1. The number of ketones is 1. The molecule has 0 radical (unpaired) electrons. The molecule has 1 aliphatic heterocycles. The van der Waals surface area contributed by atoms with Crippen LogP contribution in [0.25, 0.3) is 0 Å². The standard InChI is InChI=1S/C22H26INO3/c1-5-10-27-21(26)18-13(2)24-16-11-22(3,4)12-17(25)20(16)19(18)14-8-6-7-9-15(14)23/h6-9,18-19H,5,10-12H2,1-4H3/t18?,19-/m1/s1. The lowest BCUT2D eigenvalue weighted by Gasteiger charge is -2.39. The first-order chi connectivity index (χ1) is 12.7. The molecule has 2 aliphatic rings. The first-order valence-corrected chi connectivity index (χ1v) is 10.6. The van der Waals surface area contributed by atoms with Gasteiger partial charge in [-0.3, -0.25) is 14.6 Å². The number of ether oxygens (including phenoxy) is 1. The van der Waals surface area contributed by atoms with E-state index in [2.05, 4.69) is 36.4 Å². The highest BCUT2D eigenvalue weighted by molar-refractivity contribution is 14.1. The molecule has 2 atom stereocenters. The molecule has 0 fully saturated rings. The molecule has 5 heteroatoms. The Morgan fingerprint density at radius 3 is 2.67 bits per heavy atom. The Bertz CT molecular complexity index is 838. The Morgan fingerprint density at radius 1 is 1.30 bits per heavy atom. The van der Waals surface area contributed by atoms with Crippen LogP contribution in [0.15, 0.2) is 40.5 Å². The molecule has 1 unspecified atom stereocenters. The topological polar surface area (TPSA) is 55.7 Å². The number of rotatable bonds is 4. The zero-order valence-electron chi connectivity index (χ0n) is 16.3. The summed E-state index contributed by atoms with van der Waals surface area (Å²) in [4.78, 5) is 30.8. The molecule has 0 N–H and O–H groups in total. The van der Waals surface area contributed by atoms with Gasteiger partial charge in [-0.25, -0.2) is 0 Å². The van der Waals surface area contributed by atoms with Crippen LogP contribution < -0.4 is 0 Å². The summed E-state index contributed by atoms with van der Waals surface area (Å²) in [5.41, 5.74) is 3.20. The van der Waals surface area contributed by atoms with Crippen molar-refractivity contribution in [3.05, 3.63) is 44.7 Å². The van der Waals surface area contributed by atoms with Gasteiger partial charge in [-0.1, -0.05) is 39.0 Å². The van der Waals surface area contributed by atoms with Crippen molar-refractivity contribution in [3.8, 4) is 0 Å². The van der Waals surface area contributed by atoms with Gasteiger partial charge in [-0.05, 0) is 59.4 Å². The number of hydrogen-bond acceptors (Lipinski definition) is 4. The third-order valence-electron chi connectivity index (χ3n) is 5.24. The molecule has 0 spiro atoms. The fourth-order valence-electron chi connectivity index (χ4n) is 4.11. The SMILES string of the molecule is CCCOC(=O)C1C(C)=NC2=C(C(=O)CC(C)(C)C2)[C@@H]1c1ccccc1I. The van der Waals surface area contributed by atoms with Gasteiger partial charge in [0, 0.05) is 32.9 Å². The molecular weight excluding hydrogens is 453 g/mol. The van der Waals surface area contributed by atoms with Gasteiger partial charge in [0.05, 0.1) is 6.61 Å². The summed E-state index contributed by atoms with van der Waals surface area (Å²) in [5, 5.41) is 0. The van der Waals surface area contributed by atoms with Crippen molar-refractivity contribution in [1.29, 1.82) is 0 Å². The molecule has 4 nitrogen and oxygen atoms in total. The first-order valence-electron chi connectivity index (χ1n) is 9.47. The number of hydrogen-bond donors (Lipinski definition) is 0. The predicted octanol–water partition coefficient (Wildman–Crippen LogP) is 5.06. The van der Waals surface area contributed by atoms with E-state index in [1.807, 2.05) is 38.1 Å². The molecule has 0 aromatic heterocycles. The third-order valence-corrected chi connectivity index (χ3v) is 6.23. The molecule has 1 aliphatic carbocycles. The number of Topliss-reactive ketones (excluding diaryl/α,β-unsaturated/α-hetero) is 1. The molecule has 0 saturated heterocycles. The summed E-state index contributed by atoms with van der Waals surface area (Å²) in [5.74, 6) is -1.04. The summed E-state index contributed by atoms with van der Waals surface area (Å²) in [6.45, 7) is 8.44. The normalized spacial score (nSPS) is 24.3. The predicted molar refractivity (Wildman–Crippen MR) is 115 cm³/mol. The molecule has 0 bridgehead atoms. The minimum Gasteiger partial charge on any atom is -0.465 e. The van der Waals surface area contributed by atoms with Crippen LogP contribution in [0.4, 0.5) is 0 Å².